The Morgan fingerprint density at radius 2 is 1.82 bits per heavy atom. The molecule has 0 aliphatic carbocycles. The maximum absolute atomic E-state index is 12.6. The molecule has 0 saturated heterocycles. The van der Waals surface area contributed by atoms with Gasteiger partial charge < -0.3 is 10.1 Å². The molecule has 2 aromatic carbocycles. The maximum atomic E-state index is 12.6. The highest BCUT2D eigenvalue weighted by Gasteiger charge is 2.23. The molecule has 150 valence electrons. The lowest BCUT2D eigenvalue weighted by Gasteiger charge is -2.23. The second-order valence-corrected chi connectivity index (χ2v) is 8.73. The Morgan fingerprint density at radius 1 is 1.14 bits per heavy atom. The van der Waals surface area contributed by atoms with Crippen molar-refractivity contribution in [1.29, 1.82) is 0 Å². The van der Waals surface area contributed by atoms with Gasteiger partial charge in [-0.15, -0.1) is 0 Å². The van der Waals surface area contributed by atoms with Gasteiger partial charge in [0.25, 0.3) is 0 Å². The molecular formula is C19H21BrN2O5S. The van der Waals surface area contributed by atoms with Crippen LogP contribution in [-0.4, -0.2) is 39.7 Å². The summed E-state index contributed by atoms with van der Waals surface area (Å²) in [7, 11) is -3.70. The van der Waals surface area contributed by atoms with Crippen LogP contribution >= 0.6 is 15.9 Å². The van der Waals surface area contributed by atoms with Gasteiger partial charge in [0.05, 0.1) is 24.1 Å². The summed E-state index contributed by atoms with van der Waals surface area (Å²) in [5, 5.41) is 2.67. The number of carbonyl (C=O) groups excluding carboxylic acids is 2. The Morgan fingerprint density at radius 3 is 2.43 bits per heavy atom. The van der Waals surface area contributed by atoms with Crippen LogP contribution < -0.4 is 9.62 Å². The van der Waals surface area contributed by atoms with Crippen LogP contribution in [0.5, 0.6) is 0 Å². The fourth-order valence-electron chi connectivity index (χ4n) is 2.56. The highest BCUT2D eigenvalue weighted by molar-refractivity contribution is 9.10. The maximum Gasteiger partial charge on any atom is 0.338 e. The number of esters is 1. The van der Waals surface area contributed by atoms with Gasteiger partial charge in [-0.1, -0.05) is 18.2 Å². The third-order valence-corrected chi connectivity index (χ3v) is 5.71. The molecule has 0 aromatic heterocycles. The van der Waals surface area contributed by atoms with E-state index in [1.54, 1.807) is 56.3 Å². The van der Waals surface area contributed by atoms with Crippen molar-refractivity contribution in [2.24, 2.45) is 0 Å². The number of halogens is 1. The van der Waals surface area contributed by atoms with Crippen molar-refractivity contribution in [2.45, 2.75) is 13.8 Å². The monoisotopic (exact) mass is 468 g/mol. The lowest BCUT2D eigenvalue weighted by Crippen LogP contribution is -2.37. The SMILES string of the molecule is CCOC(=O)c1cccc(NC(=O)CN(c2ccccc2Br)S(C)(=O)=O)c1C. The van der Waals surface area contributed by atoms with Crippen molar-refractivity contribution < 1.29 is 22.7 Å². The number of nitrogens with one attached hydrogen (secondary N) is 1. The first-order valence-corrected chi connectivity index (χ1v) is 11.1. The summed E-state index contributed by atoms with van der Waals surface area (Å²) in [5.41, 5.74) is 1.65. The summed E-state index contributed by atoms with van der Waals surface area (Å²) in [6.07, 6.45) is 1.03. The number of carbonyl (C=O) groups is 2. The number of benzene rings is 2. The Kier molecular flexibility index (Phi) is 7.20. The molecule has 0 saturated carbocycles. The predicted molar refractivity (Wildman–Crippen MR) is 112 cm³/mol. The molecule has 0 aliphatic rings. The van der Waals surface area contributed by atoms with Crippen LogP contribution in [0.15, 0.2) is 46.9 Å². The van der Waals surface area contributed by atoms with Crippen LogP contribution in [-0.2, 0) is 19.6 Å². The van der Waals surface area contributed by atoms with E-state index < -0.39 is 28.4 Å². The molecule has 0 fully saturated rings. The number of hydrogen-bond acceptors (Lipinski definition) is 5. The minimum atomic E-state index is -3.70. The van der Waals surface area contributed by atoms with Gasteiger partial charge in [0.2, 0.25) is 15.9 Å². The van der Waals surface area contributed by atoms with Gasteiger partial charge in [-0.25, -0.2) is 13.2 Å². The van der Waals surface area contributed by atoms with Crippen molar-refractivity contribution in [3.05, 3.63) is 58.1 Å². The van der Waals surface area contributed by atoms with E-state index in [0.29, 0.717) is 27.0 Å². The van der Waals surface area contributed by atoms with Gasteiger partial charge in [0.1, 0.15) is 6.54 Å². The van der Waals surface area contributed by atoms with Gasteiger partial charge in [-0.2, -0.15) is 0 Å². The molecule has 7 nitrogen and oxygen atoms in total. The van der Waals surface area contributed by atoms with Crippen molar-refractivity contribution in [3.63, 3.8) is 0 Å². The van der Waals surface area contributed by atoms with Crippen molar-refractivity contribution >= 4 is 49.2 Å². The Bertz CT molecular complexity index is 992. The van der Waals surface area contributed by atoms with Gasteiger partial charge >= 0.3 is 5.97 Å². The number of sulfonamides is 1. The smallest absolute Gasteiger partial charge is 0.338 e. The lowest BCUT2D eigenvalue weighted by molar-refractivity contribution is -0.114. The standard InChI is InChI=1S/C19H21BrN2O5S/c1-4-27-19(24)14-8-7-10-16(13(14)2)21-18(23)12-22(28(3,25)26)17-11-6-5-9-15(17)20/h5-11H,4,12H2,1-3H3,(H,21,23). The number of ether oxygens (including phenoxy) is 1. The minimum Gasteiger partial charge on any atom is -0.462 e. The lowest BCUT2D eigenvalue weighted by atomic mass is 10.1. The Balaban J connectivity index is 2.26. The molecule has 0 heterocycles. The molecule has 2 rings (SSSR count). The summed E-state index contributed by atoms with van der Waals surface area (Å²) in [6, 6.07) is 11.6. The molecule has 28 heavy (non-hydrogen) atoms. The Hall–Kier alpha value is -2.39. The van der Waals surface area contributed by atoms with Crippen LogP contribution in [0.25, 0.3) is 0 Å². The Labute approximate surface area is 172 Å². The van der Waals surface area contributed by atoms with Crippen molar-refractivity contribution in [3.8, 4) is 0 Å². The zero-order valence-corrected chi connectivity index (χ0v) is 18.1. The minimum absolute atomic E-state index is 0.240. The van der Waals surface area contributed by atoms with E-state index in [4.69, 9.17) is 4.74 Å². The summed E-state index contributed by atoms with van der Waals surface area (Å²) >= 11 is 3.31. The molecule has 0 atom stereocenters. The van der Waals surface area contributed by atoms with E-state index in [0.717, 1.165) is 10.6 Å². The number of amides is 1. The van der Waals surface area contributed by atoms with Crippen LogP contribution in [0.2, 0.25) is 0 Å². The molecule has 0 spiro atoms. The highest BCUT2D eigenvalue weighted by Crippen LogP contribution is 2.27. The molecule has 1 N–H and O–H groups in total. The van der Waals surface area contributed by atoms with Gasteiger partial charge in [0, 0.05) is 10.2 Å². The van der Waals surface area contributed by atoms with Gasteiger partial charge in [-0.05, 0) is 59.6 Å². The first-order chi connectivity index (χ1) is 13.1. The second-order valence-electron chi connectivity index (χ2n) is 5.97. The fourth-order valence-corrected chi connectivity index (χ4v) is 4.04. The van der Waals surface area contributed by atoms with Crippen molar-refractivity contribution in [2.75, 3.05) is 29.0 Å². The molecular weight excluding hydrogens is 448 g/mol. The summed E-state index contributed by atoms with van der Waals surface area (Å²) in [5.74, 6) is -1.02. The number of anilines is 2. The number of rotatable bonds is 7. The van der Waals surface area contributed by atoms with E-state index in [9.17, 15) is 18.0 Å². The summed E-state index contributed by atoms with van der Waals surface area (Å²) in [6.45, 7) is 3.22. The van der Waals surface area contributed by atoms with E-state index >= 15 is 0 Å². The third-order valence-electron chi connectivity index (χ3n) is 3.91. The normalized spacial score (nSPS) is 11.0. The van der Waals surface area contributed by atoms with Gasteiger partial charge in [0.15, 0.2) is 0 Å². The quantitative estimate of drug-likeness (QED) is 0.628. The fraction of sp³-hybridized carbons (Fsp3) is 0.263. The van der Waals surface area contributed by atoms with E-state index in [-0.39, 0.29) is 6.61 Å². The molecule has 9 heteroatoms. The average molecular weight is 469 g/mol. The van der Waals surface area contributed by atoms with E-state index in [2.05, 4.69) is 21.2 Å². The number of nitrogens with zero attached hydrogens (tertiary/aromatic N) is 1. The summed E-state index contributed by atoms with van der Waals surface area (Å²) in [4.78, 5) is 24.6. The highest BCUT2D eigenvalue weighted by atomic mass is 79.9. The largest absolute Gasteiger partial charge is 0.462 e. The zero-order chi connectivity index (χ0) is 20.9. The summed E-state index contributed by atoms with van der Waals surface area (Å²) < 4.78 is 31.0. The molecule has 2 aromatic rings. The molecule has 0 aliphatic heterocycles. The van der Waals surface area contributed by atoms with Crippen LogP contribution in [0.1, 0.15) is 22.8 Å². The number of para-hydroxylation sites is 1. The molecule has 1 amide bonds. The first kappa shape index (κ1) is 21.9. The van der Waals surface area contributed by atoms with Crippen molar-refractivity contribution in [1.82, 2.24) is 0 Å². The van der Waals surface area contributed by atoms with Crippen LogP contribution in [0, 0.1) is 6.92 Å². The topological polar surface area (TPSA) is 92.8 Å². The molecule has 0 unspecified atom stereocenters. The first-order valence-electron chi connectivity index (χ1n) is 8.44. The molecule has 0 radical (unpaired) electrons. The zero-order valence-electron chi connectivity index (χ0n) is 15.7. The predicted octanol–water partition coefficient (Wildman–Crippen LogP) is 3.34. The third kappa shape index (κ3) is 5.32. The van der Waals surface area contributed by atoms with E-state index in [1.807, 2.05) is 0 Å². The number of hydrogen-bond donors (Lipinski definition) is 1. The average Bonchev–Trinajstić information content (AvgIpc) is 2.61. The van der Waals surface area contributed by atoms with E-state index in [1.165, 1.54) is 0 Å². The van der Waals surface area contributed by atoms with Crippen LogP contribution in [0.3, 0.4) is 0 Å². The van der Waals surface area contributed by atoms with Gasteiger partial charge in [-0.3, -0.25) is 9.10 Å². The molecule has 0 bridgehead atoms. The van der Waals surface area contributed by atoms with Crippen LogP contribution in [0.4, 0.5) is 11.4 Å². The second kappa shape index (κ2) is 9.20.